The summed E-state index contributed by atoms with van der Waals surface area (Å²) < 4.78 is 27.4. The maximum absolute atomic E-state index is 12.1. The van der Waals surface area contributed by atoms with Crippen molar-refractivity contribution >= 4 is 14.5 Å². The highest BCUT2D eigenvalue weighted by atomic mass is 28.4. The molecular weight excluding hydrogens is 408 g/mol. The molecule has 2 N–H and O–H groups in total. The molecule has 1 heterocycles. The van der Waals surface area contributed by atoms with Crippen LogP contribution in [0.2, 0.25) is 18.1 Å². The van der Waals surface area contributed by atoms with Gasteiger partial charge in [0.15, 0.2) is 20.7 Å². The minimum atomic E-state index is -2.08. The number of methoxy groups -OCH3 is 1. The summed E-state index contributed by atoms with van der Waals surface area (Å²) >= 11 is 0. The number of aliphatic hydroxyl groups is 2. The number of hydrogen-bond donors (Lipinski definition) is 2. The van der Waals surface area contributed by atoms with Gasteiger partial charge in [0.2, 0.25) is 0 Å². The molecule has 0 aliphatic carbocycles. The summed E-state index contributed by atoms with van der Waals surface area (Å²) in [5.41, 5.74) is 0.793. The maximum Gasteiger partial charge on any atom is 0.509 e. The fourth-order valence-electron chi connectivity index (χ4n) is 2.73. The Kier molecular flexibility index (Phi) is 8.43. The highest BCUT2D eigenvalue weighted by Gasteiger charge is 2.48. The Bertz CT molecular complexity index is 673. The van der Waals surface area contributed by atoms with E-state index in [-0.39, 0.29) is 18.3 Å². The Labute approximate surface area is 179 Å². The van der Waals surface area contributed by atoms with Gasteiger partial charge in [0.05, 0.1) is 6.61 Å². The zero-order valence-corrected chi connectivity index (χ0v) is 19.5. The average molecular weight is 443 g/mol. The second-order valence-electron chi connectivity index (χ2n) is 8.94. The maximum atomic E-state index is 12.1. The van der Waals surface area contributed by atoms with E-state index >= 15 is 0 Å². The summed E-state index contributed by atoms with van der Waals surface area (Å²) in [7, 11) is -0.710. The van der Waals surface area contributed by atoms with Crippen LogP contribution in [0.4, 0.5) is 4.79 Å². The Morgan fingerprint density at radius 2 is 1.77 bits per heavy atom. The second-order valence-corrected chi connectivity index (χ2v) is 13.7. The molecule has 1 aliphatic rings. The zero-order chi connectivity index (χ0) is 22.5. The molecule has 5 atom stereocenters. The minimum Gasteiger partial charge on any atom is -0.429 e. The second kappa shape index (κ2) is 10.2. The average Bonchev–Trinajstić information content (AvgIpc) is 2.69. The molecule has 0 unspecified atom stereocenters. The van der Waals surface area contributed by atoms with Crippen LogP contribution in [0.3, 0.4) is 0 Å². The molecule has 0 bridgehead atoms. The summed E-state index contributed by atoms with van der Waals surface area (Å²) in [4.78, 5) is 12.1. The van der Waals surface area contributed by atoms with E-state index in [4.69, 9.17) is 23.4 Å². The molecular formula is C21H34O8Si. The van der Waals surface area contributed by atoms with Crippen molar-refractivity contribution < 1.29 is 38.4 Å². The SMILES string of the molecule is CO[C@H]1O[C@H](CO[Si](C)(C)C(C)(C)C)[C@@H](O)[C@H](O)[C@H]1OC(=O)OCc1ccccc1. The van der Waals surface area contributed by atoms with E-state index in [0.717, 1.165) is 5.56 Å². The Balaban J connectivity index is 1.95. The number of carbonyl (C=O) groups is 1. The van der Waals surface area contributed by atoms with Gasteiger partial charge in [-0.1, -0.05) is 51.1 Å². The number of ether oxygens (including phenoxy) is 4. The van der Waals surface area contributed by atoms with Gasteiger partial charge < -0.3 is 33.6 Å². The van der Waals surface area contributed by atoms with Crippen LogP contribution in [0.5, 0.6) is 0 Å². The topological polar surface area (TPSA) is 104 Å². The van der Waals surface area contributed by atoms with Gasteiger partial charge in [-0.3, -0.25) is 0 Å². The number of aliphatic hydroxyl groups excluding tert-OH is 2. The molecule has 0 spiro atoms. The molecule has 8 nitrogen and oxygen atoms in total. The first-order valence-corrected chi connectivity index (χ1v) is 12.9. The first-order valence-electron chi connectivity index (χ1n) is 10.0. The lowest BCUT2D eigenvalue weighted by Crippen LogP contribution is -2.61. The van der Waals surface area contributed by atoms with Crippen molar-refractivity contribution in [2.45, 2.75) is 76.2 Å². The predicted octanol–water partition coefficient (Wildman–Crippen LogP) is 2.82. The van der Waals surface area contributed by atoms with Crippen LogP contribution in [0.1, 0.15) is 26.3 Å². The summed E-state index contributed by atoms with van der Waals surface area (Å²) in [5.74, 6) is 0. The highest BCUT2D eigenvalue weighted by molar-refractivity contribution is 6.74. The third-order valence-electron chi connectivity index (χ3n) is 5.72. The van der Waals surface area contributed by atoms with E-state index in [2.05, 4.69) is 33.9 Å². The molecule has 170 valence electrons. The molecule has 0 aromatic heterocycles. The molecule has 0 radical (unpaired) electrons. The summed E-state index contributed by atoms with van der Waals surface area (Å²) in [6, 6.07) is 9.12. The molecule has 1 aromatic rings. The fraction of sp³-hybridized carbons (Fsp3) is 0.667. The zero-order valence-electron chi connectivity index (χ0n) is 18.5. The van der Waals surface area contributed by atoms with Gasteiger partial charge in [-0.2, -0.15) is 0 Å². The first kappa shape index (κ1) is 24.8. The Morgan fingerprint density at radius 1 is 1.13 bits per heavy atom. The predicted molar refractivity (Wildman–Crippen MR) is 112 cm³/mol. The van der Waals surface area contributed by atoms with Crippen LogP contribution in [0, 0.1) is 0 Å². The van der Waals surface area contributed by atoms with E-state index in [9.17, 15) is 15.0 Å². The lowest BCUT2D eigenvalue weighted by Gasteiger charge is -2.43. The number of hydrogen-bond acceptors (Lipinski definition) is 8. The summed E-state index contributed by atoms with van der Waals surface area (Å²) in [5, 5.41) is 21.0. The van der Waals surface area contributed by atoms with Crippen molar-refractivity contribution in [2.75, 3.05) is 13.7 Å². The number of carbonyl (C=O) groups excluding carboxylic acids is 1. The van der Waals surface area contributed by atoms with Gasteiger partial charge in [0, 0.05) is 7.11 Å². The van der Waals surface area contributed by atoms with Crippen LogP contribution < -0.4 is 0 Å². The van der Waals surface area contributed by atoms with Gasteiger partial charge >= 0.3 is 6.16 Å². The fourth-order valence-corrected chi connectivity index (χ4v) is 3.74. The van der Waals surface area contributed by atoms with Crippen LogP contribution in [-0.4, -0.2) is 69.1 Å². The summed E-state index contributed by atoms with van der Waals surface area (Å²) in [6.45, 7) is 10.6. The third kappa shape index (κ3) is 6.26. The van der Waals surface area contributed by atoms with E-state index in [0.29, 0.717) is 0 Å². The smallest absolute Gasteiger partial charge is 0.429 e. The molecule has 0 amide bonds. The largest absolute Gasteiger partial charge is 0.509 e. The van der Waals surface area contributed by atoms with Crippen LogP contribution in [0.25, 0.3) is 0 Å². The van der Waals surface area contributed by atoms with Crippen molar-refractivity contribution in [1.29, 1.82) is 0 Å². The van der Waals surface area contributed by atoms with Crippen molar-refractivity contribution in [3.63, 3.8) is 0 Å². The molecule has 1 aliphatic heterocycles. The van der Waals surface area contributed by atoms with Gasteiger partial charge in [-0.05, 0) is 23.7 Å². The number of benzene rings is 1. The monoisotopic (exact) mass is 442 g/mol. The van der Waals surface area contributed by atoms with Crippen molar-refractivity contribution in [3.05, 3.63) is 35.9 Å². The standard InChI is InChI=1S/C21H34O8Si/c1-21(2,3)30(5,6)27-13-15-16(22)17(23)18(19(25-4)28-15)29-20(24)26-12-14-10-8-7-9-11-14/h7-11,15-19,22-23H,12-13H2,1-6H3/t15-,16-,17+,18-,19+/m1/s1. The molecule has 1 fully saturated rings. The van der Waals surface area contributed by atoms with Crippen molar-refractivity contribution in [3.8, 4) is 0 Å². The molecule has 9 heteroatoms. The molecule has 1 saturated heterocycles. The van der Waals surface area contributed by atoms with E-state index in [1.54, 1.807) is 12.1 Å². The molecule has 2 rings (SSSR count). The van der Waals surface area contributed by atoms with Crippen molar-refractivity contribution in [1.82, 2.24) is 0 Å². The number of rotatable bonds is 7. The molecule has 30 heavy (non-hydrogen) atoms. The normalized spacial score (nSPS) is 27.5. The van der Waals surface area contributed by atoms with Gasteiger partial charge in [-0.15, -0.1) is 0 Å². The Hall–Kier alpha value is -1.49. The molecule has 0 saturated carbocycles. The van der Waals surface area contributed by atoms with Crippen LogP contribution in [-0.2, 0) is 30.0 Å². The van der Waals surface area contributed by atoms with E-state index in [1.165, 1.54) is 7.11 Å². The van der Waals surface area contributed by atoms with Gasteiger partial charge in [0.25, 0.3) is 0 Å². The highest BCUT2D eigenvalue weighted by Crippen LogP contribution is 2.37. The van der Waals surface area contributed by atoms with Crippen molar-refractivity contribution in [2.24, 2.45) is 0 Å². The first-order chi connectivity index (χ1) is 14.0. The lowest BCUT2D eigenvalue weighted by atomic mass is 9.99. The quantitative estimate of drug-likeness (QED) is 0.491. The molecule has 1 aromatic carbocycles. The van der Waals surface area contributed by atoms with E-state index in [1.807, 2.05) is 18.2 Å². The van der Waals surface area contributed by atoms with Gasteiger partial charge in [-0.25, -0.2) is 4.79 Å². The lowest BCUT2D eigenvalue weighted by molar-refractivity contribution is -0.295. The van der Waals surface area contributed by atoms with Crippen LogP contribution >= 0.6 is 0 Å². The van der Waals surface area contributed by atoms with E-state index < -0.39 is 45.2 Å². The Morgan fingerprint density at radius 3 is 2.33 bits per heavy atom. The van der Waals surface area contributed by atoms with Crippen LogP contribution in [0.15, 0.2) is 30.3 Å². The van der Waals surface area contributed by atoms with Gasteiger partial charge in [0.1, 0.15) is 24.9 Å². The minimum absolute atomic E-state index is 0.0138. The third-order valence-corrected chi connectivity index (χ3v) is 10.2. The summed E-state index contributed by atoms with van der Waals surface area (Å²) in [6.07, 6.45) is -6.84.